The van der Waals surface area contributed by atoms with E-state index < -0.39 is 0 Å². The van der Waals surface area contributed by atoms with Gasteiger partial charge in [-0.1, -0.05) is 5.16 Å². The zero-order valence-electron chi connectivity index (χ0n) is 9.73. The van der Waals surface area contributed by atoms with E-state index in [0.29, 0.717) is 6.54 Å². The van der Waals surface area contributed by atoms with Gasteiger partial charge in [-0.2, -0.15) is 0 Å². The summed E-state index contributed by atoms with van der Waals surface area (Å²) in [6, 6.07) is 0.217. The van der Waals surface area contributed by atoms with Crippen LogP contribution in [0, 0.1) is 0 Å². The zero-order chi connectivity index (χ0) is 12.3. The van der Waals surface area contributed by atoms with Crippen molar-refractivity contribution >= 4 is 5.84 Å². The van der Waals surface area contributed by atoms with E-state index in [2.05, 4.69) is 15.0 Å². The van der Waals surface area contributed by atoms with Gasteiger partial charge >= 0.3 is 0 Å². The molecule has 2 rings (SSSR count). The zero-order valence-corrected chi connectivity index (χ0v) is 9.73. The molecule has 0 saturated carbocycles. The quantitative estimate of drug-likeness (QED) is 0.320. The first-order chi connectivity index (χ1) is 8.24. The van der Waals surface area contributed by atoms with Crippen LogP contribution in [0.3, 0.4) is 0 Å². The first kappa shape index (κ1) is 11.9. The Balaban J connectivity index is 2.04. The van der Waals surface area contributed by atoms with Crippen LogP contribution in [-0.4, -0.2) is 58.3 Å². The van der Waals surface area contributed by atoms with E-state index in [1.165, 1.54) is 0 Å². The molecule has 1 aliphatic rings. The molecule has 0 aliphatic carbocycles. The molecule has 0 amide bonds. The molecule has 7 heteroatoms. The normalized spacial score (nSPS) is 26.5. The van der Waals surface area contributed by atoms with E-state index >= 15 is 0 Å². The highest BCUT2D eigenvalue weighted by Crippen LogP contribution is 2.23. The number of nitrogens with two attached hydrogens (primary N) is 1. The van der Waals surface area contributed by atoms with Crippen LogP contribution in [0.15, 0.2) is 23.9 Å². The molecule has 0 aromatic carbocycles. The molecule has 1 saturated heterocycles. The predicted molar refractivity (Wildman–Crippen MR) is 61.9 cm³/mol. The van der Waals surface area contributed by atoms with Crippen LogP contribution in [0.4, 0.5) is 0 Å². The molecular formula is C10H17N5O2. The van der Waals surface area contributed by atoms with Crippen molar-refractivity contribution in [1.82, 2.24) is 14.5 Å². The maximum Gasteiger partial charge on any atom is 0.153 e. The van der Waals surface area contributed by atoms with Crippen molar-refractivity contribution in [3.8, 4) is 0 Å². The number of likely N-dealkylation sites (tertiary alicyclic amines) is 1. The van der Waals surface area contributed by atoms with E-state index in [0.717, 1.165) is 13.1 Å². The Morgan fingerprint density at radius 3 is 3.06 bits per heavy atom. The molecule has 3 N–H and O–H groups in total. The molecule has 1 aromatic heterocycles. The fourth-order valence-corrected chi connectivity index (χ4v) is 2.21. The fourth-order valence-electron chi connectivity index (χ4n) is 2.21. The van der Waals surface area contributed by atoms with Crippen molar-refractivity contribution in [1.29, 1.82) is 0 Å². The molecule has 1 aliphatic heterocycles. The summed E-state index contributed by atoms with van der Waals surface area (Å²) in [6.07, 6.45) is 5.54. The van der Waals surface area contributed by atoms with Gasteiger partial charge in [0.2, 0.25) is 0 Å². The predicted octanol–water partition coefficient (Wildman–Crippen LogP) is -0.499. The molecule has 2 heterocycles. The molecule has 1 aromatic rings. The Kier molecular flexibility index (Phi) is 3.60. The minimum atomic E-state index is 0.0932. The van der Waals surface area contributed by atoms with Gasteiger partial charge in [-0.3, -0.25) is 4.90 Å². The third-order valence-electron chi connectivity index (χ3n) is 3.04. The standard InChI is InChI=1S/C10H17N5O2/c1-17-9-5-14(6-10(11)13-16)4-8(9)15-3-2-12-7-15/h2-3,7-9,16H,4-6H2,1H3,(H2,11,13)/t8-,9-/m1/s1. The second-order valence-corrected chi connectivity index (χ2v) is 4.14. The van der Waals surface area contributed by atoms with Crippen LogP contribution in [-0.2, 0) is 4.74 Å². The molecular weight excluding hydrogens is 222 g/mol. The van der Waals surface area contributed by atoms with Crippen LogP contribution >= 0.6 is 0 Å². The smallest absolute Gasteiger partial charge is 0.153 e. The molecule has 2 atom stereocenters. The van der Waals surface area contributed by atoms with Gasteiger partial charge in [0.25, 0.3) is 0 Å². The van der Waals surface area contributed by atoms with E-state index in [1.807, 2.05) is 10.8 Å². The first-order valence-electron chi connectivity index (χ1n) is 5.43. The van der Waals surface area contributed by atoms with Gasteiger partial charge in [0, 0.05) is 32.6 Å². The largest absolute Gasteiger partial charge is 0.409 e. The lowest BCUT2D eigenvalue weighted by atomic mass is 10.2. The van der Waals surface area contributed by atoms with Gasteiger partial charge in [-0.15, -0.1) is 0 Å². The summed E-state index contributed by atoms with van der Waals surface area (Å²) in [5.74, 6) is 0.214. The Hall–Kier alpha value is -1.60. The molecule has 1 fully saturated rings. The van der Waals surface area contributed by atoms with Gasteiger partial charge in [-0.25, -0.2) is 4.98 Å². The molecule has 7 nitrogen and oxygen atoms in total. The number of rotatable bonds is 4. The lowest BCUT2D eigenvalue weighted by molar-refractivity contribution is 0.0823. The van der Waals surface area contributed by atoms with Crippen molar-refractivity contribution in [3.05, 3.63) is 18.7 Å². The van der Waals surface area contributed by atoms with Crippen LogP contribution in [0.5, 0.6) is 0 Å². The number of imidazole rings is 1. The topological polar surface area (TPSA) is 88.9 Å². The average molecular weight is 239 g/mol. The monoisotopic (exact) mass is 239 g/mol. The summed E-state index contributed by atoms with van der Waals surface area (Å²) in [7, 11) is 1.70. The third-order valence-corrected chi connectivity index (χ3v) is 3.04. The molecule has 0 unspecified atom stereocenters. The van der Waals surface area contributed by atoms with Gasteiger partial charge in [0.05, 0.1) is 25.0 Å². The highest BCUT2D eigenvalue weighted by atomic mass is 16.5. The van der Waals surface area contributed by atoms with Gasteiger partial charge < -0.3 is 20.2 Å². The van der Waals surface area contributed by atoms with E-state index in [1.54, 1.807) is 19.6 Å². The van der Waals surface area contributed by atoms with Gasteiger partial charge in [-0.05, 0) is 0 Å². The van der Waals surface area contributed by atoms with Crippen LogP contribution < -0.4 is 5.73 Å². The molecule has 0 bridgehead atoms. The highest BCUT2D eigenvalue weighted by molar-refractivity contribution is 5.81. The number of aromatic nitrogens is 2. The number of methoxy groups -OCH3 is 1. The number of nitrogens with zero attached hydrogens (tertiary/aromatic N) is 4. The summed E-state index contributed by atoms with van der Waals surface area (Å²) in [6.45, 7) is 2.00. The van der Waals surface area contributed by atoms with Crippen LogP contribution in [0.2, 0.25) is 0 Å². The number of oxime groups is 1. The number of hydrogen-bond acceptors (Lipinski definition) is 5. The maximum absolute atomic E-state index is 8.56. The molecule has 0 radical (unpaired) electrons. The summed E-state index contributed by atoms with van der Waals surface area (Å²) in [5.41, 5.74) is 5.50. The van der Waals surface area contributed by atoms with Crippen molar-refractivity contribution in [3.63, 3.8) is 0 Å². The van der Waals surface area contributed by atoms with Crippen molar-refractivity contribution < 1.29 is 9.94 Å². The SMILES string of the molecule is CO[C@@H]1CN(CC(N)=NO)C[C@H]1n1ccnc1. The Morgan fingerprint density at radius 1 is 1.65 bits per heavy atom. The number of ether oxygens (including phenoxy) is 1. The Labute approximate surface area is 99.5 Å². The summed E-state index contributed by atoms with van der Waals surface area (Å²) < 4.78 is 7.49. The number of hydrogen-bond donors (Lipinski definition) is 2. The molecule has 0 spiro atoms. The van der Waals surface area contributed by atoms with E-state index in [4.69, 9.17) is 15.7 Å². The van der Waals surface area contributed by atoms with Crippen molar-refractivity contribution in [2.45, 2.75) is 12.1 Å². The van der Waals surface area contributed by atoms with Crippen molar-refractivity contribution in [2.75, 3.05) is 26.7 Å². The average Bonchev–Trinajstić information content (AvgIpc) is 2.96. The first-order valence-corrected chi connectivity index (χ1v) is 5.43. The van der Waals surface area contributed by atoms with Crippen LogP contribution in [0.1, 0.15) is 6.04 Å². The minimum Gasteiger partial charge on any atom is -0.409 e. The fraction of sp³-hybridized carbons (Fsp3) is 0.600. The lowest BCUT2D eigenvalue weighted by Crippen LogP contribution is -2.33. The third kappa shape index (κ3) is 2.56. The minimum absolute atomic E-state index is 0.0932. The Morgan fingerprint density at radius 2 is 2.47 bits per heavy atom. The summed E-state index contributed by atoms with van der Waals surface area (Å²) >= 11 is 0. The Bertz CT molecular complexity index is 378. The van der Waals surface area contributed by atoms with Gasteiger partial charge in [0.1, 0.15) is 0 Å². The summed E-state index contributed by atoms with van der Waals surface area (Å²) in [5, 5.41) is 11.5. The lowest BCUT2D eigenvalue weighted by Gasteiger charge is -2.17. The van der Waals surface area contributed by atoms with Crippen molar-refractivity contribution in [2.24, 2.45) is 10.9 Å². The molecule has 17 heavy (non-hydrogen) atoms. The van der Waals surface area contributed by atoms with Crippen LogP contribution in [0.25, 0.3) is 0 Å². The second-order valence-electron chi connectivity index (χ2n) is 4.14. The van der Waals surface area contributed by atoms with E-state index in [9.17, 15) is 0 Å². The van der Waals surface area contributed by atoms with Gasteiger partial charge in [0.15, 0.2) is 5.84 Å². The van der Waals surface area contributed by atoms with E-state index in [-0.39, 0.29) is 18.0 Å². The number of amidine groups is 1. The highest BCUT2D eigenvalue weighted by Gasteiger charge is 2.34. The second kappa shape index (κ2) is 5.15. The summed E-state index contributed by atoms with van der Waals surface area (Å²) in [4.78, 5) is 6.13. The maximum atomic E-state index is 8.56. The molecule has 94 valence electrons.